The van der Waals surface area contributed by atoms with Crippen LogP contribution < -0.4 is 0 Å². The summed E-state index contributed by atoms with van der Waals surface area (Å²) in [7, 11) is 0. The van der Waals surface area contributed by atoms with Crippen molar-refractivity contribution in [3.63, 3.8) is 0 Å². The number of halogens is 1. The molecule has 0 bridgehead atoms. The molecule has 116 valence electrons. The lowest BCUT2D eigenvalue weighted by molar-refractivity contribution is -0.149. The van der Waals surface area contributed by atoms with Crippen molar-refractivity contribution in [3.05, 3.63) is 44.9 Å². The van der Waals surface area contributed by atoms with Crippen molar-refractivity contribution < 1.29 is 14.7 Å². The molecule has 0 spiro atoms. The third-order valence-electron chi connectivity index (χ3n) is 4.63. The van der Waals surface area contributed by atoms with E-state index in [1.54, 1.807) is 0 Å². The summed E-state index contributed by atoms with van der Waals surface area (Å²) in [6.07, 6.45) is 3.04. The highest BCUT2D eigenvalue weighted by Gasteiger charge is 2.37. The van der Waals surface area contributed by atoms with Crippen LogP contribution in [0.5, 0.6) is 0 Å². The highest BCUT2D eigenvalue weighted by atomic mass is 79.9. The fourth-order valence-corrected chi connectivity index (χ4v) is 3.94. The zero-order valence-corrected chi connectivity index (χ0v) is 14.0. The number of carbonyl (C=O) groups excluding carboxylic acids is 1. The van der Waals surface area contributed by atoms with Crippen LogP contribution in [-0.4, -0.2) is 27.9 Å². The molecule has 1 aliphatic carbocycles. The Morgan fingerprint density at radius 2 is 2.09 bits per heavy atom. The quantitative estimate of drug-likeness (QED) is 0.876. The summed E-state index contributed by atoms with van der Waals surface area (Å²) >= 11 is 3.49. The third-order valence-corrected chi connectivity index (χ3v) is 5.37. The first-order valence-electron chi connectivity index (χ1n) is 7.47. The van der Waals surface area contributed by atoms with Gasteiger partial charge in [-0.25, -0.2) is 4.79 Å². The lowest BCUT2D eigenvalue weighted by Gasteiger charge is -2.35. The normalized spacial score (nSPS) is 21.0. The molecule has 1 heterocycles. The van der Waals surface area contributed by atoms with E-state index in [0.717, 1.165) is 46.0 Å². The third kappa shape index (κ3) is 2.58. The van der Waals surface area contributed by atoms with Crippen LogP contribution in [0.3, 0.4) is 0 Å². The van der Waals surface area contributed by atoms with E-state index in [-0.39, 0.29) is 5.91 Å². The van der Waals surface area contributed by atoms with Gasteiger partial charge in [-0.05, 0) is 43.4 Å². The Labute approximate surface area is 137 Å². The molecule has 1 aliphatic heterocycles. The Morgan fingerprint density at radius 3 is 2.73 bits per heavy atom. The Balaban J connectivity index is 1.98. The number of fused-ring (bicyclic) bond motifs is 1. The largest absolute Gasteiger partial charge is 0.480 e. The Hall–Kier alpha value is -1.62. The molecule has 4 nitrogen and oxygen atoms in total. The first-order chi connectivity index (χ1) is 10.5. The summed E-state index contributed by atoms with van der Waals surface area (Å²) in [5.74, 6) is -1.04. The van der Waals surface area contributed by atoms with E-state index in [1.807, 2.05) is 25.1 Å². The molecule has 1 unspecified atom stereocenters. The van der Waals surface area contributed by atoms with Crippen LogP contribution in [0.25, 0.3) is 0 Å². The summed E-state index contributed by atoms with van der Waals surface area (Å²) in [5.41, 5.74) is 3.94. The minimum absolute atomic E-state index is 0.104. The topological polar surface area (TPSA) is 57.6 Å². The average molecular weight is 364 g/mol. The second-order valence-electron chi connectivity index (χ2n) is 5.98. The van der Waals surface area contributed by atoms with Crippen LogP contribution in [0, 0.1) is 0 Å². The zero-order chi connectivity index (χ0) is 15.9. The van der Waals surface area contributed by atoms with Gasteiger partial charge in [0.05, 0.1) is 0 Å². The second-order valence-corrected chi connectivity index (χ2v) is 6.84. The van der Waals surface area contributed by atoms with Gasteiger partial charge in [-0.2, -0.15) is 0 Å². The van der Waals surface area contributed by atoms with Gasteiger partial charge in [0, 0.05) is 23.0 Å². The maximum atomic E-state index is 12.8. The lowest BCUT2D eigenvalue weighted by Crippen LogP contribution is -2.49. The van der Waals surface area contributed by atoms with Gasteiger partial charge >= 0.3 is 5.97 Å². The van der Waals surface area contributed by atoms with Crippen molar-refractivity contribution in [3.8, 4) is 0 Å². The molecular formula is C17H18BrNO3. The van der Waals surface area contributed by atoms with Crippen molar-refractivity contribution in [2.24, 2.45) is 0 Å². The maximum absolute atomic E-state index is 12.8. The van der Waals surface area contributed by atoms with Gasteiger partial charge in [-0.3, -0.25) is 4.79 Å². The molecule has 2 aliphatic rings. The SMILES string of the molecule is CC1=C(C(=O)N2Cc3cccc(Br)c3CC2C(=O)O)CCC1. The number of amides is 1. The minimum atomic E-state index is -0.939. The number of aliphatic carboxylic acids is 1. The van der Waals surface area contributed by atoms with E-state index in [4.69, 9.17) is 0 Å². The summed E-state index contributed by atoms with van der Waals surface area (Å²) in [6, 6.07) is 5.01. The van der Waals surface area contributed by atoms with Gasteiger partial charge in [0.25, 0.3) is 5.91 Å². The number of hydrogen-bond acceptors (Lipinski definition) is 2. The molecule has 3 rings (SSSR count). The van der Waals surface area contributed by atoms with E-state index in [0.29, 0.717) is 13.0 Å². The molecular weight excluding hydrogens is 346 g/mol. The van der Waals surface area contributed by atoms with Crippen molar-refractivity contribution >= 4 is 27.8 Å². The Bertz CT molecular complexity index is 680. The number of hydrogen-bond donors (Lipinski definition) is 1. The van der Waals surface area contributed by atoms with Crippen LogP contribution >= 0.6 is 15.9 Å². The highest BCUT2D eigenvalue weighted by Crippen LogP contribution is 2.33. The van der Waals surface area contributed by atoms with E-state index in [9.17, 15) is 14.7 Å². The molecule has 1 atom stereocenters. The van der Waals surface area contributed by atoms with Crippen LogP contribution in [0.4, 0.5) is 0 Å². The predicted octanol–water partition coefficient (Wildman–Crippen LogP) is 3.29. The van der Waals surface area contributed by atoms with Crippen LogP contribution in [0.2, 0.25) is 0 Å². The van der Waals surface area contributed by atoms with E-state index < -0.39 is 12.0 Å². The van der Waals surface area contributed by atoms with Crippen LogP contribution in [0.15, 0.2) is 33.8 Å². The van der Waals surface area contributed by atoms with Crippen molar-refractivity contribution in [2.45, 2.75) is 45.2 Å². The first kappa shape index (κ1) is 15.3. The standard InChI is InChI=1S/C17H18BrNO3/c1-10-4-2-6-12(10)16(20)19-9-11-5-3-7-14(18)13(11)8-15(19)17(21)22/h3,5,7,15H,2,4,6,8-9H2,1H3,(H,21,22). The molecule has 1 aromatic carbocycles. The lowest BCUT2D eigenvalue weighted by atomic mass is 9.93. The molecule has 1 N–H and O–H groups in total. The number of allylic oxidation sites excluding steroid dienone is 1. The molecule has 0 saturated carbocycles. The van der Waals surface area contributed by atoms with Crippen LogP contribution in [-0.2, 0) is 22.6 Å². The van der Waals surface area contributed by atoms with Crippen LogP contribution in [0.1, 0.15) is 37.3 Å². The number of benzene rings is 1. The monoisotopic (exact) mass is 363 g/mol. The van der Waals surface area contributed by atoms with E-state index in [2.05, 4.69) is 15.9 Å². The molecule has 0 saturated heterocycles. The Kier molecular flexibility index (Phi) is 4.08. The van der Waals surface area contributed by atoms with Gasteiger partial charge in [-0.1, -0.05) is 33.6 Å². The summed E-state index contributed by atoms with van der Waals surface area (Å²) in [4.78, 5) is 26.0. The van der Waals surface area contributed by atoms with Gasteiger partial charge in [0.2, 0.25) is 0 Å². The maximum Gasteiger partial charge on any atom is 0.326 e. The number of carboxylic acids is 1. The molecule has 0 radical (unpaired) electrons. The van der Waals surface area contributed by atoms with Crippen molar-refractivity contribution in [1.29, 1.82) is 0 Å². The molecule has 1 aromatic rings. The number of rotatable bonds is 2. The highest BCUT2D eigenvalue weighted by molar-refractivity contribution is 9.10. The summed E-state index contributed by atoms with van der Waals surface area (Å²) < 4.78 is 0.916. The van der Waals surface area contributed by atoms with Gasteiger partial charge in [0.15, 0.2) is 0 Å². The molecule has 5 heteroatoms. The van der Waals surface area contributed by atoms with Crippen molar-refractivity contribution in [2.75, 3.05) is 0 Å². The average Bonchev–Trinajstić information content (AvgIpc) is 2.91. The van der Waals surface area contributed by atoms with Crippen molar-refractivity contribution in [1.82, 2.24) is 4.90 Å². The molecule has 0 fully saturated rings. The number of carboxylic acid groups (broad SMARTS) is 1. The summed E-state index contributed by atoms with van der Waals surface area (Å²) in [6.45, 7) is 2.34. The number of carbonyl (C=O) groups is 2. The Morgan fingerprint density at radius 1 is 1.32 bits per heavy atom. The molecule has 0 aromatic heterocycles. The fourth-order valence-electron chi connectivity index (χ4n) is 3.37. The van der Waals surface area contributed by atoms with E-state index >= 15 is 0 Å². The fraction of sp³-hybridized carbons (Fsp3) is 0.412. The minimum Gasteiger partial charge on any atom is -0.480 e. The molecule has 22 heavy (non-hydrogen) atoms. The second kappa shape index (κ2) is 5.88. The first-order valence-corrected chi connectivity index (χ1v) is 8.27. The molecule has 1 amide bonds. The summed E-state index contributed by atoms with van der Waals surface area (Å²) in [5, 5.41) is 9.56. The zero-order valence-electron chi connectivity index (χ0n) is 12.4. The predicted molar refractivity (Wildman–Crippen MR) is 86.4 cm³/mol. The van der Waals surface area contributed by atoms with Gasteiger partial charge < -0.3 is 10.0 Å². The van der Waals surface area contributed by atoms with Gasteiger partial charge in [-0.15, -0.1) is 0 Å². The van der Waals surface area contributed by atoms with E-state index in [1.165, 1.54) is 4.90 Å². The number of nitrogens with zero attached hydrogens (tertiary/aromatic N) is 1. The van der Waals surface area contributed by atoms with Gasteiger partial charge in [0.1, 0.15) is 6.04 Å². The smallest absolute Gasteiger partial charge is 0.326 e.